The Morgan fingerprint density at radius 1 is 1.27 bits per heavy atom. The van der Waals surface area contributed by atoms with Crippen molar-refractivity contribution in [1.82, 2.24) is 15.6 Å². The number of amides is 2. The first-order valence-corrected chi connectivity index (χ1v) is 8.91. The number of hydrogen-bond acceptors (Lipinski definition) is 7. The molecule has 10 heteroatoms. The van der Waals surface area contributed by atoms with E-state index in [1.807, 2.05) is 12.1 Å². The summed E-state index contributed by atoms with van der Waals surface area (Å²) in [6.45, 7) is -0.0784. The highest BCUT2D eigenvalue weighted by atomic mass is 16.5. The van der Waals surface area contributed by atoms with Crippen LogP contribution in [0.25, 0.3) is 0 Å². The van der Waals surface area contributed by atoms with Crippen molar-refractivity contribution in [2.75, 3.05) is 20.8 Å². The number of rotatable bonds is 6. The standard InChI is InChI=1S/C19H21N3O5.CH2O2/c1-25-14-4-3-13(9-15(14)26-2)17-18(27-11-16(23)22-17)19(24)21-10-12-5-7-20-8-6-12;2-1-3/h3-9,17-18H,10-11H2,1-2H3,(H,21,24)(H,22,23);1H,(H,2,3)/t17-,18+;/m1./s1. The number of ether oxygens (including phenoxy) is 3. The zero-order chi connectivity index (χ0) is 21.9. The van der Waals surface area contributed by atoms with E-state index in [2.05, 4.69) is 15.6 Å². The van der Waals surface area contributed by atoms with Crippen LogP contribution in [0.2, 0.25) is 0 Å². The van der Waals surface area contributed by atoms with Gasteiger partial charge in [0, 0.05) is 18.9 Å². The number of hydrogen-bond donors (Lipinski definition) is 3. The van der Waals surface area contributed by atoms with E-state index in [9.17, 15) is 9.59 Å². The summed E-state index contributed by atoms with van der Waals surface area (Å²) in [5, 5.41) is 12.5. The van der Waals surface area contributed by atoms with Crippen molar-refractivity contribution in [2.24, 2.45) is 0 Å². The first-order valence-electron chi connectivity index (χ1n) is 8.91. The molecule has 2 amide bonds. The quantitative estimate of drug-likeness (QED) is 0.584. The van der Waals surface area contributed by atoms with Gasteiger partial charge in [0.25, 0.3) is 12.4 Å². The van der Waals surface area contributed by atoms with Crippen LogP contribution in [0.4, 0.5) is 0 Å². The monoisotopic (exact) mass is 417 g/mol. The summed E-state index contributed by atoms with van der Waals surface area (Å²) >= 11 is 0. The van der Waals surface area contributed by atoms with Gasteiger partial charge in [0.2, 0.25) is 5.91 Å². The fourth-order valence-corrected chi connectivity index (χ4v) is 2.87. The molecule has 0 spiro atoms. The lowest BCUT2D eigenvalue weighted by molar-refractivity contribution is -0.148. The number of morpholine rings is 1. The molecule has 0 aliphatic carbocycles. The normalized spacial score (nSPS) is 17.6. The SMILES string of the molecule is COc1ccc([C@H]2NC(=O)CO[C@@H]2C(=O)NCc2ccncc2)cc1OC.O=CO. The maximum absolute atomic E-state index is 12.7. The van der Waals surface area contributed by atoms with E-state index in [-0.39, 0.29) is 24.9 Å². The van der Waals surface area contributed by atoms with E-state index in [0.29, 0.717) is 23.6 Å². The molecule has 3 N–H and O–H groups in total. The van der Waals surface area contributed by atoms with Crippen molar-refractivity contribution in [1.29, 1.82) is 0 Å². The van der Waals surface area contributed by atoms with Gasteiger partial charge in [-0.1, -0.05) is 6.07 Å². The average molecular weight is 417 g/mol. The van der Waals surface area contributed by atoms with Crippen molar-refractivity contribution < 1.29 is 33.7 Å². The topological polar surface area (TPSA) is 136 Å². The van der Waals surface area contributed by atoms with Gasteiger partial charge in [-0.3, -0.25) is 19.4 Å². The lowest BCUT2D eigenvalue weighted by Gasteiger charge is -2.32. The Morgan fingerprint density at radius 3 is 2.57 bits per heavy atom. The number of carboxylic acid groups (broad SMARTS) is 1. The second-order valence-corrected chi connectivity index (χ2v) is 6.07. The summed E-state index contributed by atoms with van der Waals surface area (Å²) in [7, 11) is 3.06. The molecule has 0 radical (unpaired) electrons. The fraction of sp³-hybridized carbons (Fsp3) is 0.300. The third-order valence-corrected chi connectivity index (χ3v) is 4.25. The van der Waals surface area contributed by atoms with Crippen molar-refractivity contribution in [3.05, 3.63) is 53.9 Å². The molecule has 1 saturated heterocycles. The van der Waals surface area contributed by atoms with Crippen molar-refractivity contribution in [3.8, 4) is 11.5 Å². The maximum Gasteiger partial charge on any atom is 0.290 e. The second kappa shape index (κ2) is 11.4. The van der Waals surface area contributed by atoms with Crippen LogP contribution in [-0.4, -0.2) is 55.3 Å². The molecular formula is C20H23N3O7. The largest absolute Gasteiger partial charge is 0.493 e. The Kier molecular flexibility index (Phi) is 8.57. The second-order valence-electron chi connectivity index (χ2n) is 6.07. The van der Waals surface area contributed by atoms with Gasteiger partial charge >= 0.3 is 0 Å². The molecule has 3 rings (SSSR count). The molecule has 1 aliphatic rings. The van der Waals surface area contributed by atoms with Crippen LogP contribution in [0.5, 0.6) is 11.5 Å². The highest BCUT2D eigenvalue weighted by Gasteiger charge is 2.36. The van der Waals surface area contributed by atoms with Gasteiger partial charge in [-0.15, -0.1) is 0 Å². The number of pyridine rings is 1. The Hall–Kier alpha value is -3.66. The van der Waals surface area contributed by atoms with E-state index in [4.69, 9.17) is 24.1 Å². The van der Waals surface area contributed by atoms with Crippen LogP contribution in [0.15, 0.2) is 42.7 Å². The summed E-state index contributed by atoms with van der Waals surface area (Å²) in [6.07, 6.45) is 2.46. The molecule has 30 heavy (non-hydrogen) atoms. The molecule has 0 bridgehead atoms. The number of benzene rings is 1. The molecule has 1 fully saturated rings. The highest BCUT2D eigenvalue weighted by molar-refractivity contribution is 5.86. The van der Waals surface area contributed by atoms with E-state index in [0.717, 1.165) is 5.56 Å². The van der Waals surface area contributed by atoms with E-state index in [1.54, 1.807) is 37.7 Å². The zero-order valence-electron chi connectivity index (χ0n) is 16.5. The molecule has 1 aliphatic heterocycles. The first kappa shape index (κ1) is 22.6. The lowest BCUT2D eigenvalue weighted by atomic mass is 9.98. The van der Waals surface area contributed by atoms with Crippen LogP contribution in [-0.2, 0) is 25.7 Å². The third kappa shape index (κ3) is 5.92. The number of methoxy groups -OCH3 is 2. The molecule has 1 aromatic carbocycles. The van der Waals surface area contributed by atoms with Gasteiger partial charge in [0.05, 0.1) is 20.3 Å². The Bertz CT molecular complexity index is 861. The van der Waals surface area contributed by atoms with Gasteiger partial charge < -0.3 is 30.0 Å². The predicted molar refractivity (Wildman–Crippen MR) is 105 cm³/mol. The first-order chi connectivity index (χ1) is 14.5. The molecule has 0 unspecified atom stereocenters. The van der Waals surface area contributed by atoms with E-state index >= 15 is 0 Å². The fourth-order valence-electron chi connectivity index (χ4n) is 2.87. The number of carbonyl (C=O) groups is 3. The van der Waals surface area contributed by atoms with Gasteiger partial charge in [-0.2, -0.15) is 0 Å². The Morgan fingerprint density at radius 2 is 1.93 bits per heavy atom. The van der Waals surface area contributed by atoms with Crippen LogP contribution in [0, 0.1) is 0 Å². The van der Waals surface area contributed by atoms with Gasteiger partial charge in [0.15, 0.2) is 17.6 Å². The lowest BCUT2D eigenvalue weighted by Crippen LogP contribution is -2.52. The minimum absolute atomic E-state index is 0.170. The molecule has 160 valence electrons. The molecule has 2 heterocycles. The molecule has 10 nitrogen and oxygen atoms in total. The van der Waals surface area contributed by atoms with Gasteiger partial charge in [-0.25, -0.2) is 0 Å². The van der Waals surface area contributed by atoms with Crippen LogP contribution in [0.1, 0.15) is 17.2 Å². The number of aromatic nitrogens is 1. The Labute approximate surface area is 173 Å². The van der Waals surface area contributed by atoms with Crippen molar-refractivity contribution in [3.63, 3.8) is 0 Å². The maximum atomic E-state index is 12.7. The van der Waals surface area contributed by atoms with Crippen molar-refractivity contribution in [2.45, 2.75) is 18.7 Å². The summed E-state index contributed by atoms with van der Waals surface area (Å²) in [5.74, 6) is 0.466. The summed E-state index contributed by atoms with van der Waals surface area (Å²) < 4.78 is 16.1. The molecular weight excluding hydrogens is 394 g/mol. The smallest absolute Gasteiger partial charge is 0.290 e. The minimum atomic E-state index is -0.859. The van der Waals surface area contributed by atoms with E-state index in [1.165, 1.54) is 7.11 Å². The predicted octanol–water partition coefficient (Wildman–Crippen LogP) is 0.672. The number of nitrogens with one attached hydrogen (secondary N) is 2. The van der Waals surface area contributed by atoms with Crippen LogP contribution in [0.3, 0.4) is 0 Å². The van der Waals surface area contributed by atoms with Crippen LogP contribution >= 0.6 is 0 Å². The third-order valence-electron chi connectivity index (χ3n) is 4.25. The minimum Gasteiger partial charge on any atom is -0.493 e. The molecule has 2 atom stereocenters. The summed E-state index contributed by atoms with van der Waals surface area (Å²) in [6, 6.07) is 8.21. The summed E-state index contributed by atoms with van der Waals surface area (Å²) in [4.78, 5) is 36.8. The number of nitrogens with zero attached hydrogens (tertiary/aromatic N) is 1. The molecule has 2 aromatic rings. The number of carbonyl (C=O) groups excluding carboxylic acids is 2. The van der Waals surface area contributed by atoms with Gasteiger partial charge in [0.1, 0.15) is 6.61 Å². The molecule has 0 saturated carbocycles. The van der Waals surface area contributed by atoms with Gasteiger partial charge in [-0.05, 0) is 35.4 Å². The average Bonchev–Trinajstić information content (AvgIpc) is 2.78. The van der Waals surface area contributed by atoms with Crippen LogP contribution < -0.4 is 20.1 Å². The van der Waals surface area contributed by atoms with Crippen molar-refractivity contribution >= 4 is 18.3 Å². The Balaban J connectivity index is 0.00000101. The molecule has 1 aromatic heterocycles. The highest BCUT2D eigenvalue weighted by Crippen LogP contribution is 2.32. The van der Waals surface area contributed by atoms with E-state index < -0.39 is 12.1 Å². The summed E-state index contributed by atoms with van der Waals surface area (Å²) in [5.41, 5.74) is 1.60. The zero-order valence-corrected chi connectivity index (χ0v) is 16.5.